The molecule has 3 rings (SSSR count). The maximum atomic E-state index is 13.2. The van der Waals surface area contributed by atoms with Crippen LogP contribution in [-0.2, 0) is 13.0 Å². The standard InChI is InChI=1S/C15H11BrClFN2O3/c16-11-4-8-5-19-14(22)13(21)12(8)15(23)20(11)6-7-1-2-10(18)9(17)3-7/h1-3,5,11,21H,4,6H2,(H,19,22). The minimum absolute atomic E-state index is 0.00217. The van der Waals surface area contributed by atoms with Gasteiger partial charge in [0.25, 0.3) is 11.5 Å². The Labute approximate surface area is 143 Å². The molecule has 2 N–H and O–H groups in total. The first-order valence-electron chi connectivity index (χ1n) is 6.71. The van der Waals surface area contributed by atoms with Crippen LogP contribution < -0.4 is 5.56 Å². The van der Waals surface area contributed by atoms with Gasteiger partial charge in [-0.1, -0.05) is 33.6 Å². The van der Waals surface area contributed by atoms with Crippen molar-refractivity contribution in [1.29, 1.82) is 0 Å². The van der Waals surface area contributed by atoms with Crippen molar-refractivity contribution in [2.75, 3.05) is 0 Å². The zero-order valence-corrected chi connectivity index (χ0v) is 14.0. The first-order chi connectivity index (χ1) is 10.9. The van der Waals surface area contributed by atoms with E-state index >= 15 is 0 Å². The number of nitrogens with one attached hydrogen (secondary N) is 1. The number of pyridine rings is 1. The van der Waals surface area contributed by atoms with Crippen molar-refractivity contribution in [2.45, 2.75) is 17.9 Å². The quantitative estimate of drug-likeness (QED) is 0.600. The highest BCUT2D eigenvalue weighted by Gasteiger charge is 2.34. The van der Waals surface area contributed by atoms with Gasteiger partial charge in [0, 0.05) is 19.2 Å². The fourth-order valence-corrected chi connectivity index (χ4v) is 3.41. The van der Waals surface area contributed by atoms with E-state index in [0.29, 0.717) is 17.5 Å². The predicted molar refractivity (Wildman–Crippen MR) is 86.4 cm³/mol. The molecule has 23 heavy (non-hydrogen) atoms. The van der Waals surface area contributed by atoms with Crippen LogP contribution >= 0.6 is 27.5 Å². The molecule has 0 saturated heterocycles. The number of nitrogens with zero attached hydrogens (tertiary/aromatic N) is 1. The van der Waals surface area contributed by atoms with Gasteiger partial charge in [-0.25, -0.2) is 4.39 Å². The van der Waals surface area contributed by atoms with Gasteiger partial charge >= 0.3 is 0 Å². The van der Waals surface area contributed by atoms with Crippen molar-refractivity contribution in [3.05, 3.63) is 62.3 Å². The third kappa shape index (κ3) is 2.86. The number of hydrogen-bond acceptors (Lipinski definition) is 3. The van der Waals surface area contributed by atoms with Crippen molar-refractivity contribution < 1.29 is 14.3 Å². The van der Waals surface area contributed by atoms with Crippen LogP contribution in [0.4, 0.5) is 4.39 Å². The number of amides is 1. The highest BCUT2D eigenvalue weighted by molar-refractivity contribution is 9.09. The smallest absolute Gasteiger partial charge is 0.290 e. The summed E-state index contributed by atoms with van der Waals surface area (Å²) in [4.78, 5) is 27.7. The summed E-state index contributed by atoms with van der Waals surface area (Å²) in [5.74, 6) is -1.60. The molecule has 120 valence electrons. The second-order valence-corrected chi connectivity index (χ2v) is 6.65. The Kier molecular flexibility index (Phi) is 4.16. The lowest BCUT2D eigenvalue weighted by Gasteiger charge is -2.33. The molecule has 0 spiro atoms. The van der Waals surface area contributed by atoms with Crippen LogP contribution in [0.5, 0.6) is 5.75 Å². The van der Waals surface area contributed by atoms with Crippen LogP contribution in [0.2, 0.25) is 5.02 Å². The number of hydrogen-bond donors (Lipinski definition) is 2. The Morgan fingerprint density at radius 3 is 2.87 bits per heavy atom. The molecular weight excluding hydrogens is 391 g/mol. The van der Waals surface area contributed by atoms with E-state index in [1.807, 2.05) is 0 Å². The molecule has 0 saturated carbocycles. The molecule has 1 aliphatic rings. The SMILES string of the molecule is O=C1c2c(c[nH]c(=O)c2O)CC(Br)N1Cc1ccc(F)c(Cl)c1. The molecule has 8 heteroatoms. The van der Waals surface area contributed by atoms with Crippen LogP contribution in [0.1, 0.15) is 21.5 Å². The number of alkyl halides is 1. The molecular formula is C15H11BrClFN2O3. The topological polar surface area (TPSA) is 73.4 Å². The summed E-state index contributed by atoms with van der Waals surface area (Å²) in [5, 5.41) is 9.86. The number of aromatic nitrogens is 1. The number of carbonyl (C=O) groups is 1. The number of aromatic hydroxyl groups is 1. The number of fused-ring (bicyclic) bond motifs is 1. The first kappa shape index (κ1) is 16.0. The van der Waals surface area contributed by atoms with Crippen molar-refractivity contribution in [3.63, 3.8) is 0 Å². The summed E-state index contributed by atoms with van der Waals surface area (Å²) in [6.07, 6.45) is 1.84. The molecule has 1 unspecified atom stereocenters. The van der Waals surface area contributed by atoms with Gasteiger partial charge in [0.05, 0.1) is 15.5 Å². The van der Waals surface area contributed by atoms with Crippen LogP contribution in [-0.4, -0.2) is 25.8 Å². The minimum Gasteiger partial charge on any atom is -0.502 e. The van der Waals surface area contributed by atoms with Gasteiger partial charge in [0.1, 0.15) is 5.82 Å². The number of halogens is 3. The Hall–Kier alpha value is -1.86. The molecule has 1 atom stereocenters. The maximum absolute atomic E-state index is 13.2. The van der Waals surface area contributed by atoms with E-state index < -0.39 is 23.0 Å². The van der Waals surface area contributed by atoms with Gasteiger partial charge in [0.2, 0.25) is 0 Å². The lowest BCUT2D eigenvalue weighted by Crippen LogP contribution is -2.42. The lowest BCUT2D eigenvalue weighted by atomic mass is 10.00. The molecule has 0 bridgehead atoms. The zero-order chi connectivity index (χ0) is 16.7. The molecule has 1 amide bonds. The van der Waals surface area contributed by atoms with Gasteiger partial charge in [-0.2, -0.15) is 0 Å². The summed E-state index contributed by atoms with van der Waals surface area (Å²) in [5.41, 5.74) is 0.483. The van der Waals surface area contributed by atoms with E-state index in [1.54, 1.807) is 0 Å². The molecule has 0 radical (unpaired) electrons. The molecule has 0 fully saturated rings. The molecule has 0 aliphatic carbocycles. The van der Waals surface area contributed by atoms with Gasteiger partial charge in [0.15, 0.2) is 5.75 Å². The van der Waals surface area contributed by atoms with E-state index in [1.165, 1.54) is 29.3 Å². The fraction of sp³-hybridized carbons (Fsp3) is 0.200. The van der Waals surface area contributed by atoms with E-state index in [4.69, 9.17) is 11.6 Å². The third-order valence-corrected chi connectivity index (χ3v) is 4.80. The van der Waals surface area contributed by atoms with Crippen LogP contribution in [0, 0.1) is 5.82 Å². The van der Waals surface area contributed by atoms with Crippen LogP contribution in [0.15, 0.2) is 29.2 Å². The maximum Gasteiger partial charge on any atom is 0.290 e. The Morgan fingerprint density at radius 1 is 1.43 bits per heavy atom. The Bertz CT molecular complexity index is 855. The number of carbonyl (C=O) groups excluding carboxylic acids is 1. The number of H-pyrrole nitrogens is 1. The lowest BCUT2D eigenvalue weighted by molar-refractivity contribution is 0.0704. The monoisotopic (exact) mass is 400 g/mol. The van der Waals surface area contributed by atoms with Gasteiger partial charge in [-0.3, -0.25) is 9.59 Å². The van der Waals surface area contributed by atoms with E-state index in [9.17, 15) is 19.1 Å². The highest BCUT2D eigenvalue weighted by atomic mass is 79.9. The largest absolute Gasteiger partial charge is 0.502 e. The fourth-order valence-electron chi connectivity index (χ4n) is 2.53. The summed E-state index contributed by atoms with van der Waals surface area (Å²) in [6.45, 7) is 0.167. The molecule has 2 aromatic rings. The summed E-state index contributed by atoms with van der Waals surface area (Å²) >= 11 is 9.18. The Balaban J connectivity index is 1.97. The molecule has 1 aromatic carbocycles. The second-order valence-electron chi connectivity index (χ2n) is 5.19. The first-order valence-corrected chi connectivity index (χ1v) is 8.00. The van der Waals surface area contributed by atoms with Gasteiger partial charge in [-0.15, -0.1) is 0 Å². The summed E-state index contributed by atoms with van der Waals surface area (Å²) in [7, 11) is 0. The highest BCUT2D eigenvalue weighted by Crippen LogP contribution is 2.31. The summed E-state index contributed by atoms with van der Waals surface area (Å²) in [6, 6.07) is 4.20. The van der Waals surface area contributed by atoms with E-state index in [0.717, 1.165) is 0 Å². The van der Waals surface area contributed by atoms with Crippen molar-refractivity contribution >= 4 is 33.4 Å². The van der Waals surface area contributed by atoms with Crippen LogP contribution in [0.25, 0.3) is 0 Å². The van der Waals surface area contributed by atoms with Crippen molar-refractivity contribution in [1.82, 2.24) is 9.88 Å². The zero-order valence-electron chi connectivity index (χ0n) is 11.6. The van der Waals surface area contributed by atoms with Gasteiger partial charge < -0.3 is 15.0 Å². The summed E-state index contributed by atoms with van der Waals surface area (Å²) < 4.78 is 13.2. The normalized spacial score (nSPS) is 17.3. The molecule has 2 heterocycles. The molecule has 5 nitrogen and oxygen atoms in total. The third-order valence-electron chi connectivity index (χ3n) is 3.69. The number of benzene rings is 1. The minimum atomic E-state index is -0.713. The van der Waals surface area contributed by atoms with Crippen molar-refractivity contribution in [3.8, 4) is 5.75 Å². The second kappa shape index (κ2) is 5.98. The molecule has 1 aliphatic heterocycles. The average molecular weight is 402 g/mol. The van der Waals surface area contributed by atoms with Crippen LogP contribution in [0.3, 0.4) is 0 Å². The predicted octanol–water partition coefficient (Wildman–Crippen LogP) is 2.79. The van der Waals surface area contributed by atoms with E-state index in [2.05, 4.69) is 20.9 Å². The number of rotatable bonds is 2. The Morgan fingerprint density at radius 2 is 2.17 bits per heavy atom. The molecule has 1 aromatic heterocycles. The average Bonchev–Trinajstić information content (AvgIpc) is 2.50. The van der Waals surface area contributed by atoms with Gasteiger partial charge in [-0.05, 0) is 23.3 Å². The number of aromatic amines is 1. The van der Waals surface area contributed by atoms with E-state index in [-0.39, 0.29) is 22.1 Å². The van der Waals surface area contributed by atoms with Crippen molar-refractivity contribution in [2.24, 2.45) is 0 Å².